The van der Waals surface area contributed by atoms with Crippen LogP contribution in [0.5, 0.6) is 0 Å². The minimum absolute atomic E-state index is 0.0744. The van der Waals surface area contributed by atoms with E-state index in [0.29, 0.717) is 5.02 Å². The molecule has 0 spiro atoms. The molecular formula is C20H17ClN4O3. The Hall–Kier alpha value is -3.45. The van der Waals surface area contributed by atoms with E-state index >= 15 is 0 Å². The zero-order chi connectivity index (χ0) is 20.3. The molecule has 1 N–H and O–H groups in total. The number of nitrogens with zero attached hydrogens (tertiary/aromatic N) is 3. The van der Waals surface area contributed by atoms with Gasteiger partial charge in [-0.15, -0.1) is 0 Å². The van der Waals surface area contributed by atoms with Crippen LogP contribution in [0.1, 0.15) is 27.3 Å². The van der Waals surface area contributed by atoms with Crippen molar-refractivity contribution in [1.29, 1.82) is 0 Å². The van der Waals surface area contributed by atoms with Gasteiger partial charge in [0.25, 0.3) is 11.6 Å². The summed E-state index contributed by atoms with van der Waals surface area (Å²) in [5.41, 5.74) is 6.47. The largest absolute Gasteiger partial charge is 0.318 e. The van der Waals surface area contributed by atoms with Crippen molar-refractivity contribution in [3.8, 4) is 5.69 Å². The molecule has 0 saturated carbocycles. The predicted molar refractivity (Wildman–Crippen MR) is 108 cm³/mol. The summed E-state index contributed by atoms with van der Waals surface area (Å²) in [6.45, 7) is 3.94. The highest BCUT2D eigenvalue weighted by Crippen LogP contribution is 2.21. The Bertz CT molecular complexity index is 1050. The number of hydrogen-bond acceptors (Lipinski definition) is 4. The SMILES string of the molecule is Cc1cc(/C=N\NC(=O)c2ccc([N+](=O)[O-])cc2)c(C)n1-c1ccc(Cl)cc1. The van der Waals surface area contributed by atoms with Crippen molar-refractivity contribution in [2.75, 3.05) is 0 Å². The molecule has 0 aliphatic heterocycles. The second-order valence-corrected chi connectivity index (χ2v) is 6.58. The van der Waals surface area contributed by atoms with E-state index in [9.17, 15) is 14.9 Å². The van der Waals surface area contributed by atoms with Crippen LogP contribution >= 0.6 is 11.6 Å². The number of benzene rings is 2. The number of hydrogen-bond donors (Lipinski definition) is 1. The minimum Gasteiger partial charge on any atom is -0.318 e. The minimum atomic E-state index is -0.518. The zero-order valence-corrected chi connectivity index (χ0v) is 16.0. The van der Waals surface area contributed by atoms with Gasteiger partial charge in [0.15, 0.2) is 0 Å². The Kier molecular flexibility index (Phi) is 5.56. The van der Waals surface area contributed by atoms with Crippen LogP contribution in [0.25, 0.3) is 5.69 Å². The van der Waals surface area contributed by atoms with Gasteiger partial charge in [-0.05, 0) is 56.3 Å². The first-order chi connectivity index (χ1) is 13.4. The van der Waals surface area contributed by atoms with Gasteiger partial charge >= 0.3 is 0 Å². The first kappa shape index (κ1) is 19.3. The maximum Gasteiger partial charge on any atom is 0.271 e. The highest BCUT2D eigenvalue weighted by molar-refractivity contribution is 6.30. The fourth-order valence-electron chi connectivity index (χ4n) is 2.87. The molecule has 1 aromatic heterocycles. The molecule has 3 rings (SSSR count). The number of rotatable bonds is 5. The van der Waals surface area contributed by atoms with Gasteiger partial charge in [-0.25, -0.2) is 5.43 Å². The Balaban J connectivity index is 1.74. The molecule has 0 aliphatic rings. The first-order valence-electron chi connectivity index (χ1n) is 8.39. The summed E-state index contributed by atoms with van der Waals surface area (Å²) < 4.78 is 2.07. The molecule has 0 radical (unpaired) electrons. The number of carbonyl (C=O) groups is 1. The van der Waals surface area contributed by atoms with E-state index in [1.54, 1.807) is 6.21 Å². The molecule has 0 fully saturated rings. The number of aryl methyl sites for hydroxylation is 1. The van der Waals surface area contributed by atoms with E-state index in [-0.39, 0.29) is 11.3 Å². The third-order valence-electron chi connectivity index (χ3n) is 4.27. The third-order valence-corrected chi connectivity index (χ3v) is 4.52. The standard InChI is InChI=1S/C20H17ClN4O3/c1-13-11-16(14(2)24(13)18-9-5-17(21)6-10-18)12-22-23-20(26)15-3-7-19(8-4-15)25(27)28/h3-12H,1-2H3,(H,23,26)/b22-12-. The van der Waals surface area contributed by atoms with E-state index in [2.05, 4.69) is 15.1 Å². The molecule has 0 atom stereocenters. The van der Waals surface area contributed by atoms with E-state index in [4.69, 9.17) is 11.6 Å². The number of aromatic nitrogens is 1. The molecule has 0 bridgehead atoms. The summed E-state index contributed by atoms with van der Waals surface area (Å²) in [5.74, 6) is -0.447. The number of amides is 1. The second kappa shape index (κ2) is 8.06. The van der Waals surface area contributed by atoms with Crippen LogP contribution in [0, 0.1) is 24.0 Å². The van der Waals surface area contributed by atoms with Gasteiger partial charge in [-0.3, -0.25) is 14.9 Å². The lowest BCUT2D eigenvalue weighted by Gasteiger charge is -2.09. The van der Waals surface area contributed by atoms with Crippen LogP contribution in [0.2, 0.25) is 5.02 Å². The molecule has 3 aromatic rings. The van der Waals surface area contributed by atoms with E-state index in [1.807, 2.05) is 44.2 Å². The molecule has 1 heterocycles. The summed E-state index contributed by atoms with van der Waals surface area (Å²) in [6, 6.07) is 14.8. The maximum absolute atomic E-state index is 12.1. The molecular weight excluding hydrogens is 380 g/mol. The van der Waals surface area contributed by atoms with Gasteiger partial charge in [0.1, 0.15) is 0 Å². The predicted octanol–water partition coefficient (Wildman–Crippen LogP) is 4.42. The topological polar surface area (TPSA) is 89.5 Å². The highest BCUT2D eigenvalue weighted by Gasteiger charge is 2.11. The summed E-state index contributed by atoms with van der Waals surface area (Å²) in [4.78, 5) is 22.3. The van der Waals surface area contributed by atoms with Crippen molar-refractivity contribution >= 4 is 29.4 Å². The van der Waals surface area contributed by atoms with Gasteiger partial charge < -0.3 is 4.57 Å². The van der Waals surface area contributed by atoms with Crippen LogP contribution in [0.4, 0.5) is 5.69 Å². The summed E-state index contributed by atoms with van der Waals surface area (Å²) in [7, 11) is 0. The van der Waals surface area contributed by atoms with Gasteiger partial charge in [0.2, 0.25) is 0 Å². The average Bonchev–Trinajstić information content (AvgIpc) is 2.96. The molecule has 142 valence electrons. The van der Waals surface area contributed by atoms with Crippen LogP contribution in [-0.4, -0.2) is 21.6 Å². The Labute approximate surface area is 166 Å². The first-order valence-corrected chi connectivity index (χ1v) is 8.77. The summed E-state index contributed by atoms with van der Waals surface area (Å²) in [5, 5.41) is 15.3. The fraction of sp³-hybridized carbons (Fsp3) is 0.100. The molecule has 2 aromatic carbocycles. The van der Waals surface area contributed by atoms with Gasteiger partial charge in [0, 0.05) is 45.4 Å². The monoisotopic (exact) mass is 396 g/mol. The van der Waals surface area contributed by atoms with Crippen LogP contribution in [0.15, 0.2) is 59.7 Å². The normalized spacial score (nSPS) is 11.0. The van der Waals surface area contributed by atoms with E-state index < -0.39 is 10.8 Å². The van der Waals surface area contributed by atoms with Crippen molar-refractivity contribution in [3.63, 3.8) is 0 Å². The molecule has 28 heavy (non-hydrogen) atoms. The number of nitro benzene ring substituents is 1. The van der Waals surface area contributed by atoms with Gasteiger partial charge in [0.05, 0.1) is 11.1 Å². The number of nitrogens with one attached hydrogen (secondary N) is 1. The molecule has 7 nitrogen and oxygen atoms in total. The Morgan fingerprint density at radius 2 is 1.79 bits per heavy atom. The smallest absolute Gasteiger partial charge is 0.271 e. The number of hydrazone groups is 1. The lowest BCUT2D eigenvalue weighted by atomic mass is 10.2. The number of nitro groups is 1. The fourth-order valence-corrected chi connectivity index (χ4v) is 2.99. The molecule has 0 unspecified atom stereocenters. The van der Waals surface area contributed by atoms with E-state index in [0.717, 1.165) is 22.6 Å². The van der Waals surface area contributed by atoms with Crippen LogP contribution in [0.3, 0.4) is 0 Å². The van der Waals surface area contributed by atoms with Crippen LogP contribution < -0.4 is 5.43 Å². The van der Waals surface area contributed by atoms with Crippen molar-refractivity contribution in [1.82, 2.24) is 9.99 Å². The van der Waals surface area contributed by atoms with Crippen molar-refractivity contribution in [3.05, 3.63) is 92.2 Å². The zero-order valence-electron chi connectivity index (χ0n) is 15.2. The molecule has 8 heteroatoms. The Morgan fingerprint density at radius 1 is 1.14 bits per heavy atom. The lowest BCUT2D eigenvalue weighted by molar-refractivity contribution is -0.384. The molecule has 1 amide bonds. The maximum atomic E-state index is 12.1. The number of halogens is 1. The average molecular weight is 397 g/mol. The third kappa shape index (κ3) is 4.10. The van der Waals surface area contributed by atoms with E-state index in [1.165, 1.54) is 24.3 Å². The highest BCUT2D eigenvalue weighted by atomic mass is 35.5. The van der Waals surface area contributed by atoms with Crippen molar-refractivity contribution in [2.45, 2.75) is 13.8 Å². The van der Waals surface area contributed by atoms with Crippen LogP contribution in [-0.2, 0) is 0 Å². The quantitative estimate of drug-likeness (QED) is 0.393. The van der Waals surface area contributed by atoms with Crippen molar-refractivity contribution < 1.29 is 9.72 Å². The molecule has 0 saturated heterocycles. The summed E-state index contributed by atoms with van der Waals surface area (Å²) >= 11 is 5.95. The summed E-state index contributed by atoms with van der Waals surface area (Å²) in [6.07, 6.45) is 1.57. The Morgan fingerprint density at radius 3 is 2.39 bits per heavy atom. The van der Waals surface area contributed by atoms with Gasteiger partial charge in [-0.1, -0.05) is 11.6 Å². The second-order valence-electron chi connectivity index (χ2n) is 6.14. The van der Waals surface area contributed by atoms with Gasteiger partial charge in [-0.2, -0.15) is 5.10 Å². The lowest BCUT2D eigenvalue weighted by Crippen LogP contribution is -2.17. The van der Waals surface area contributed by atoms with Crippen molar-refractivity contribution in [2.24, 2.45) is 5.10 Å². The molecule has 0 aliphatic carbocycles. The number of carbonyl (C=O) groups excluding carboxylic acids is 1. The number of non-ortho nitro benzene ring substituents is 1.